The molecule has 3 aromatic rings. The molecule has 0 aliphatic heterocycles. The number of ether oxygens (including phenoxy) is 2. The molecule has 0 aliphatic rings. The third-order valence-electron chi connectivity index (χ3n) is 4.96. The topological polar surface area (TPSA) is 110 Å². The highest BCUT2D eigenvalue weighted by atomic mass is 16.5. The van der Waals surface area contributed by atoms with Crippen LogP contribution in [0.2, 0.25) is 0 Å². The Hall–Kier alpha value is -3.81. The zero-order valence-electron chi connectivity index (χ0n) is 17.8. The number of furan rings is 1. The predicted molar refractivity (Wildman–Crippen MR) is 116 cm³/mol. The fourth-order valence-corrected chi connectivity index (χ4v) is 3.20. The molecule has 0 atom stereocenters. The first-order valence-corrected chi connectivity index (χ1v) is 9.65. The van der Waals surface area contributed by atoms with Gasteiger partial charge in [-0.2, -0.15) is 5.10 Å². The number of nitrogens with one attached hydrogen (secondary N) is 1. The van der Waals surface area contributed by atoms with Crippen LogP contribution in [0.25, 0.3) is 11.0 Å². The third-order valence-corrected chi connectivity index (χ3v) is 4.96. The Morgan fingerprint density at radius 1 is 1.10 bits per heavy atom. The van der Waals surface area contributed by atoms with Crippen molar-refractivity contribution in [1.82, 2.24) is 5.43 Å². The number of amides is 1. The first kappa shape index (κ1) is 21.9. The molecule has 0 saturated carbocycles. The maximum atomic E-state index is 12.4. The summed E-state index contributed by atoms with van der Waals surface area (Å²) in [5.74, 6) is -0.464. The molecule has 1 aromatic heterocycles. The molecule has 8 nitrogen and oxygen atoms in total. The van der Waals surface area contributed by atoms with Crippen LogP contribution in [-0.4, -0.2) is 36.9 Å². The third kappa shape index (κ3) is 4.85. The Balaban J connectivity index is 1.64. The van der Waals surface area contributed by atoms with Gasteiger partial charge in [-0.3, -0.25) is 4.79 Å². The number of methoxy groups -OCH3 is 2. The lowest BCUT2D eigenvalue weighted by atomic mass is 10.0. The summed E-state index contributed by atoms with van der Waals surface area (Å²) in [6, 6.07) is 10.5. The molecular weight excluding hydrogens is 400 g/mol. The summed E-state index contributed by atoms with van der Waals surface area (Å²) in [7, 11) is 3.04. The fraction of sp³-hybridized carbons (Fsp3) is 0.261. The van der Waals surface area contributed by atoms with E-state index in [1.807, 2.05) is 19.1 Å². The number of fused-ring (bicyclic) bond motifs is 1. The monoisotopic (exact) mass is 424 g/mol. The van der Waals surface area contributed by atoms with Crippen molar-refractivity contribution < 1.29 is 28.6 Å². The summed E-state index contributed by atoms with van der Waals surface area (Å²) in [4.78, 5) is 23.6. The highest BCUT2D eigenvalue weighted by Gasteiger charge is 2.16. The maximum Gasteiger partial charge on any atom is 0.372 e. The van der Waals surface area contributed by atoms with Crippen LogP contribution < -0.4 is 14.9 Å². The van der Waals surface area contributed by atoms with Crippen LogP contribution in [0.4, 0.5) is 0 Å². The average molecular weight is 424 g/mol. The molecule has 0 unspecified atom stereocenters. The molecule has 0 spiro atoms. The summed E-state index contributed by atoms with van der Waals surface area (Å²) >= 11 is 0. The number of hydrogen-bond acceptors (Lipinski definition) is 6. The van der Waals surface area contributed by atoms with Crippen molar-refractivity contribution in [1.29, 1.82) is 0 Å². The first-order chi connectivity index (χ1) is 14.8. The van der Waals surface area contributed by atoms with Gasteiger partial charge >= 0.3 is 5.97 Å². The molecule has 0 aliphatic carbocycles. The van der Waals surface area contributed by atoms with Gasteiger partial charge in [-0.1, -0.05) is 6.07 Å². The SMILES string of the molecule is COc1ccc(C(=O)NN=C(C)CCc2ccc3oc(C(=O)O)c(C)c3c2)cc1OC. The Morgan fingerprint density at radius 2 is 1.84 bits per heavy atom. The van der Waals surface area contributed by atoms with Crippen molar-refractivity contribution in [2.24, 2.45) is 5.10 Å². The molecule has 0 bridgehead atoms. The molecule has 0 radical (unpaired) electrons. The Kier molecular flexibility index (Phi) is 6.59. The molecule has 31 heavy (non-hydrogen) atoms. The minimum Gasteiger partial charge on any atom is -0.493 e. The van der Waals surface area contributed by atoms with Crippen LogP contribution in [0.1, 0.15) is 45.4 Å². The number of aromatic carboxylic acids is 1. The standard InChI is InChI=1S/C23H24N2O6/c1-13(24-25-22(26)16-8-10-19(29-3)20(12-16)30-4)5-6-15-7-9-18-17(11-15)14(2)21(31-18)23(27)28/h7-12H,5-6H2,1-4H3,(H,25,26)(H,27,28). The number of aryl methyl sites for hydroxylation is 2. The summed E-state index contributed by atoms with van der Waals surface area (Å²) < 4.78 is 15.8. The molecular formula is C23H24N2O6. The van der Waals surface area contributed by atoms with E-state index >= 15 is 0 Å². The summed E-state index contributed by atoms with van der Waals surface area (Å²) in [6.45, 7) is 3.56. The van der Waals surface area contributed by atoms with Gasteiger partial charge in [0, 0.05) is 22.2 Å². The van der Waals surface area contributed by atoms with E-state index in [2.05, 4.69) is 10.5 Å². The van der Waals surface area contributed by atoms with Gasteiger partial charge in [0.2, 0.25) is 5.76 Å². The Labute approximate surface area is 179 Å². The van der Waals surface area contributed by atoms with Crippen molar-refractivity contribution in [3.8, 4) is 11.5 Å². The number of hydrazone groups is 1. The lowest BCUT2D eigenvalue weighted by molar-refractivity contribution is 0.0663. The molecule has 162 valence electrons. The molecule has 8 heteroatoms. The molecule has 0 saturated heterocycles. The van der Waals surface area contributed by atoms with Gasteiger partial charge in [0.1, 0.15) is 5.58 Å². The van der Waals surface area contributed by atoms with Gasteiger partial charge in [-0.05, 0) is 62.6 Å². The van der Waals surface area contributed by atoms with Crippen molar-refractivity contribution >= 4 is 28.6 Å². The summed E-state index contributed by atoms with van der Waals surface area (Å²) in [5, 5.41) is 14.1. The van der Waals surface area contributed by atoms with Gasteiger partial charge in [-0.25, -0.2) is 10.2 Å². The highest BCUT2D eigenvalue weighted by molar-refractivity contribution is 5.96. The zero-order valence-corrected chi connectivity index (χ0v) is 17.8. The number of rotatable bonds is 8. The van der Waals surface area contributed by atoms with Crippen molar-refractivity contribution in [3.05, 3.63) is 58.8 Å². The number of carboxylic acids is 1. The van der Waals surface area contributed by atoms with Crippen molar-refractivity contribution in [2.75, 3.05) is 14.2 Å². The maximum absolute atomic E-state index is 12.4. The zero-order chi connectivity index (χ0) is 22.5. The van der Waals surface area contributed by atoms with Crippen LogP contribution in [0, 0.1) is 6.92 Å². The summed E-state index contributed by atoms with van der Waals surface area (Å²) in [6.07, 6.45) is 1.31. The van der Waals surface area contributed by atoms with Crippen LogP contribution in [-0.2, 0) is 6.42 Å². The van der Waals surface area contributed by atoms with E-state index in [1.165, 1.54) is 14.2 Å². The number of carboxylic acid groups (broad SMARTS) is 1. The van der Waals surface area contributed by atoms with E-state index in [1.54, 1.807) is 31.2 Å². The van der Waals surface area contributed by atoms with Crippen molar-refractivity contribution in [3.63, 3.8) is 0 Å². The number of carbonyl (C=O) groups excluding carboxylic acids is 1. The van der Waals surface area contributed by atoms with E-state index < -0.39 is 5.97 Å². The van der Waals surface area contributed by atoms with Crippen molar-refractivity contribution in [2.45, 2.75) is 26.7 Å². The lowest BCUT2D eigenvalue weighted by Crippen LogP contribution is -2.19. The van der Waals surface area contributed by atoms with Gasteiger partial charge < -0.3 is 19.0 Å². The number of nitrogens with zero attached hydrogens (tertiary/aromatic N) is 1. The van der Waals surface area contributed by atoms with Crippen LogP contribution in [0.5, 0.6) is 11.5 Å². The van der Waals surface area contributed by atoms with Crippen LogP contribution >= 0.6 is 0 Å². The smallest absolute Gasteiger partial charge is 0.372 e. The second-order valence-electron chi connectivity index (χ2n) is 7.05. The quantitative estimate of drug-likeness (QED) is 0.414. The van der Waals surface area contributed by atoms with E-state index in [0.717, 1.165) is 16.7 Å². The first-order valence-electron chi connectivity index (χ1n) is 9.65. The van der Waals surface area contributed by atoms with E-state index in [9.17, 15) is 14.7 Å². The number of hydrogen-bond donors (Lipinski definition) is 2. The van der Waals surface area contributed by atoms with Crippen LogP contribution in [0.15, 0.2) is 45.9 Å². The van der Waals surface area contributed by atoms with E-state index in [0.29, 0.717) is 41.1 Å². The van der Waals surface area contributed by atoms with Gasteiger partial charge in [0.05, 0.1) is 14.2 Å². The normalized spacial score (nSPS) is 11.4. The minimum atomic E-state index is -1.08. The van der Waals surface area contributed by atoms with Gasteiger partial charge in [0.25, 0.3) is 5.91 Å². The van der Waals surface area contributed by atoms with Crippen LogP contribution in [0.3, 0.4) is 0 Å². The van der Waals surface area contributed by atoms with Gasteiger partial charge in [0.15, 0.2) is 11.5 Å². The minimum absolute atomic E-state index is 0.0391. The largest absolute Gasteiger partial charge is 0.493 e. The lowest BCUT2D eigenvalue weighted by Gasteiger charge is -2.09. The second kappa shape index (κ2) is 9.34. The molecule has 0 fully saturated rings. The van der Waals surface area contributed by atoms with Gasteiger partial charge in [-0.15, -0.1) is 0 Å². The summed E-state index contributed by atoms with van der Waals surface area (Å²) in [5.41, 5.74) is 5.89. The molecule has 1 heterocycles. The fourth-order valence-electron chi connectivity index (χ4n) is 3.20. The number of carbonyl (C=O) groups is 2. The second-order valence-corrected chi connectivity index (χ2v) is 7.05. The highest BCUT2D eigenvalue weighted by Crippen LogP contribution is 2.28. The Morgan fingerprint density at radius 3 is 2.52 bits per heavy atom. The number of benzene rings is 2. The Bertz CT molecular complexity index is 1160. The molecule has 1 amide bonds. The molecule has 3 rings (SSSR count). The van der Waals surface area contributed by atoms with E-state index in [4.69, 9.17) is 13.9 Å². The predicted octanol–water partition coefficient (Wildman–Crippen LogP) is 4.20. The van der Waals surface area contributed by atoms with E-state index in [-0.39, 0.29) is 11.7 Å². The average Bonchev–Trinajstić information content (AvgIpc) is 3.11. The molecule has 2 N–H and O–H groups in total. The molecule has 2 aromatic carbocycles.